The Morgan fingerprint density at radius 3 is 2.88 bits per heavy atom. The molecule has 1 aromatic carbocycles. The minimum absolute atomic E-state index is 0.748. The molecule has 1 unspecified atom stereocenters. The van der Waals surface area contributed by atoms with Gasteiger partial charge in [0.1, 0.15) is 0 Å². The first-order valence-electron chi connectivity index (χ1n) is 6.22. The SMILES string of the molecule is CNCCc1ccccc1C1CCN(C)C1. The van der Waals surface area contributed by atoms with Gasteiger partial charge in [-0.3, -0.25) is 0 Å². The Kier molecular flexibility index (Phi) is 3.97. The van der Waals surface area contributed by atoms with Crippen LogP contribution >= 0.6 is 0 Å². The summed E-state index contributed by atoms with van der Waals surface area (Å²) in [6.45, 7) is 3.53. The summed E-state index contributed by atoms with van der Waals surface area (Å²) in [4.78, 5) is 2.43. The van der Waals surface area contributed by atoms with Crippen LogP contribution in [0.15, 0.2) is 24.3 Å². The predicted molar refractivity (Wildman–Crippen MR) is 68.9 cm³/mol. The lowest BCUT2D eigenvalue weighted by atomic mass is 9.92. The summed E-state index contributed by atoms with van der Waals surface area (Å²) in [7, 11) is 4.24. The zero-order valence-electron chi connectivity index (χ0n) is 10.4. The van der Waals surface area contributed by atoms with Gasteiger partial charge in [0.05, 0.1) is 0 Å². The summed E-state index contributed by atoms with van der Waals surface area (Å²) in [6, 6.07) is 8.93. The second-order valence-corrected chi connectivity index (χ2v) is 4.80. The van der Waals surface area contributed by atoms with E-state index in [1.807, 2.05) is 7.05 Å². The first kappa shape index (κ1) is 11.6. The summed E-state index contributed by atoms with van der Waals surface area (Å²) in [5.41, 5.74) is 3.10. The van der Waals surface area contributed by atoms with Crippen LogP contribution in [0.4, 0.5) is 0 Å². The molecule has 1 fully saturated rings. The maximum Gasteiger partial charge on any atom is 0.00478 e. The number of rotatable bonds is 4. The average molecular weight is 218 g/mol. The molecule has 1 N–H and O–H groups in total. The molecule has 1 aromatic rings. The number of hydrogen-bond donors (Lipinski definition) is 1. The van der Waals surface area contributed by atoms with Gasteiger partial charge in [0, 0.05) is 6.54 Å². The number of nitrogens with zero attached hydrogens (tertiary/aromatic N) is 1. The van der Waals surface area contributed by atoms with Crippen LogP contribution in [0.25, 0.3) is 0 Å². The third-order valence-electron chi connectivity index (χ3n) is 3.53. The number of likely N-dealkylation sites (N-methyl/N-ethyl adjacent to an activating group) is 2. The van der Waals surface area contributed by atoms with Gasteiger partial charge in [-0.1, -0.05) is 24.3 Å². The molecule has 0 aliphatic carbocycles. The molecule has 88 valence electrons. The van der Waals surface area contributed by atoms with Crippen LogP contribution in [0, 0.1) is 0 Å². The molecule has 16 heavy (non-hydrogen) atoms. The Balaban J connectivity index is 2.12. The lowest BCUT2D eigenvalue weighted by Gasteiger charge is -2.15. The first-order valence-corrected chi connectivity index (χ1v) is 6.22. The molecule has 0 saturated carbocycles. The number of nitrogens with one attached hydrogen (secondary N) is 1. The summed E-state index contributed by atoms with van der Waals surface area (Å²) >= 11 is 0. The Morgan fingerprint density at radius 2 is 2.19 bits per heavy atom. The van der Waals surface area contributed by atoms with Crippen LogP contribution < -0.4 is 5.32 Å². The molecule has 1 aliphatic heterocycles. The molecule has 1 saturated heterocycles. The number of likely N-dealkylation sites (tertiary alicyclic amines) is 1. The normalized spacial score (nSPS) is 21.5. The Bertz CT molecular complexity index is 335. The summed E-state index contributed by atoms with van der Waals surface area (Å²) < 4.78 is 0. The average Bonchev–Trinajstić information content (AvgIpc) is 2.73. The van der Waals surface area contributed by atoms with Crippen LogP contribution in [0.3, 0.4) is 0 Å². The summed E-state index contributed by atoms with van der Waals surface area (Å²) in [5.74, 6) is 0.748. The van der Waals surface area contributed by atoms with Gasteiger partial charge in [0.25, 0.3) is 0 Å². The molecule has 1 heterocycles. The van der Waals surface area contributed by atoms with Crippen molar-refractivity contribution in [3.8, 4) is 0 Å². The van der Waals surface area contributed by atoms with Gasteiger partial charge >= 0.3 is 0 Å². The van der Waals surface area contributed by atoms with Gasteiger partial charge in [0.2, 0.25) is 0 Å². The topological polar surface area (TPSA) is 15.3 Å². The zero-order chi connectivity index (χ0) is 11.4. The Hall–Kier alpha value is -0.860. The lowest BCUT2D eigenvalue weighted by Crippen LogP contribution is -2.15. The maximum atomic E-state index is 3.23. The molecule has 2 nitrogen and oxygen atoms in total. The molecule has 2 rings (SSSR count). The van der Waals surface area contributed by atoms with E-state index in [-0.39, 0.29) is 0 Å². The minimum atomic E-state index is 0.748. The lowest BCUT2D eigenvalue weighted by molar-refractivity contribution is 0.411. The van der Waals surface area contributed by atoms with Crippen LogP contribution in [0.1, 0.15) is 23.5 Å². The predicted octanol–water partition coefficient (Wildman–Crippen LogP) is 1.87. The van der Waals surface area contributed by atoms with Crippen LogP contribution in [0.5, 0.6) is 0 Å². The van der Waals surface area contributed by atoms with Crippen molar-refractivity contribution in [2.24, 2.45) is 0 Å². The highest BCUT2D eigenvalue weighted by molar-refractivity contribution is 5.31. The molecular weight excluding hydrogens is 196 g/mol. The van der Waals surface area contributed by atoms with Crippen molar-refractivity contribution in [1.82, 2.24) is 10.2 Å². The van der Waals surface area contributed by atoms with Gasteiger partial charge in [-0.15, -0.1) is 0 Å². The third-order valence-corrected chi connectivity index (χ3v) is 3.53. The van der Waals surface area contributed by atoms with E-state index in [1.165, 1.54) is 25.1 Å². The smallest absolute Gasteiger partial charge is 0.00478 e. The van der Waals surface area contributed by atoms with E-state index in [2.05, 4.69) is 41.5 Å². The fourth-order valence-electron chi connectivity index (χ4n) is 2.61. The van der Waals surface area contributed by atoms with Crippen molar-refractivity contribution in [3.63, 3.8) is 0 Å². The molecule has 0 amide bonds. The highest BCUT2D eigenvalue weighted by atomic mass is 15.1. The first-order chi connectivity index (χ1) is 7.81. The Labute approximate surface area is 98.7 Å². The third kappa shape index (κ3) is 2.63. The zero-order valence-corrected chi connectivity index (χ0v) is 10.4. The molecule has 0 aromatic heterocycles. The van der Waals surface area contributed by atoms with E-state index in [9.17, 15) is 0 Å². The molecule has 0 bridgehead atoms. The number of hydrogen-bond acceptors (Lipinski definition) is 2. The highest BCUT2D eigenvalue weighted by Gasteiger charge is 2.22. The van der Waals surface area contributed by atoms with Gasteiger partial charge in [-0.05, 0) is 57.1 Å². The van der Waals surface area contributed by atoms with Crippen LogP contribution in [-0.4, -0.2) is 38.6 Å². The fourth-order valence-corrected chi connectivity index (χ4v) is 2.61. The van der Waals surface area contributed by atoms with Crippen LogP contribution in [-0.2, 0) is 6.42 Å². The van der Waals surface area contributed by atoms with Gasteiger partial charge in [-0.25, -0.2) is 0 Å². The van der Waals surface area contributed by atoms with Crippen molar-refractivity contribution < 1.29 is 0 Å². The van der Waals surface area contributed by atoms with E-state index in [4.69, 9.17) is 0 Å². The monoisotopic (exact) mass is 218 g/mol. The van der Waals surface area contributed by atoms with Crippen molar-refractivity contribution >= 4 is 0 Å². The molecular formula is C14H22N2. The standard InChI is InChI=1S/C14H22N2/c1-15-9-7-12-5-3-4-6-14(12)13-8-10-16(2)11-13/h3-6,13,15H,7-11H2,1-2H3. The van der Waals surface area contributed by atoms with Crippen molar-refractivity contribution in [2.45, 2.75) is 18.8 Å². The summed E-state index contributed by atoms with van der Waals surface area (Å²) in [5, 5.41) is 3.23. The second kappa shape index (κ2) is 5.46. The fraction of sp³-hybridized carbons (Fsp3) is 0.571. The molecule has 2 heteroatoms. The minimum Gasteiger partial charge on any atom is -0.319 e. The Morgan fingerprint density at radius 1 is 1.38 bits per heavy atom. The van der Waals surface area contributed by atoms with Gasteiger partial charge in [0.15, 0.2) is 0 Å². The van der Waals surface area contributed by atoms with E-state index >= 15 is 0 Å². The summed E-state index contributed by atoms with van der Waals surface area (Å²) in [6.07, 6.45) is 2.46. The molecule has 1 atom stereocenters. The van der Waals surface area contributed by atoms with Gasteiger partial charge < -0.3 is 10.2 Å². The van der Waals surface area contributed by atoms with E-state index in [1.54, 1.807) is 5.56 Å². The molecule has 0 spiro atoms. The van der Waals surface area contributed by atoms with Crippen molar-refractivity contribution in [3.05, 3.63) is 35.4 Å². The van der Waals surface area contributed by atoms with Gasteiger partial charge in [-0.2, -0.15) is 0 Å². The number of benzene rings is 1. The van der Waals surface area contributed by atoms with Crippen molar-refractivity contribution in [2.75, 3.05) is 33.7 Å². The maximum absolute atomic E-state index is 3.23. The van der Waals surface area contributed by atoms with E-state index < -0.39 is 0 Å². The van der Waals surface area contributed by atoms with E-state index in [0.717, 1.165) is 18.9 Å². The highest BCUT2D eigenvalue weighted by Crippen LogP contribution is 2.28. The second-order valence-electron chi connectivity index (χ2n) is 4.80. The quantitative estimate of drug-likeness (QED) is 0.830. The van der Waals surface area contributed by atoms with E-state index in [0.29, 0.717) is 0 Å². The molecule has 1 aliphatic rings. The largest absolute Gasteiger partial charge is 0.319 e. The van der Waals surface area contributed by atoms with Crippen molar-refractivity contribution in [1.29, 1.82) is 0 Å². The van der Waals surface area contributed by atoms with Crippen LogP contribution in [0.2, 0.25) is 0 Å². The molecule has 0 radical (unpaired) electrons.